The van der Waals surface area contributed by atoms with Crippen LogP contribution >= 0.6 is 11.6 Å². The van der Waals surface area contributed by atoms with Crippen LogP contribution in [0.5, 0.6) is 5.75 Å². The van der Waals surface area contributed by atoms with Crippen molar-refractivity contribution in [1.29, 1.82) is 0 Å². The van der Waals surface area contributed by atoms with E-state index in [2.05, 4.69) is 5.32 Å². The Bertz CT molecular complexity index is 665. The minimum Gasteiger partial charge on any atom is -0.496 e. The van der Waals surface area contributed by atoms with Crippen molar-refractivity contribution in [3.63, 3.8) is 0 Å². The van der Waals surface area contributed by atoms with Crippen LogP contribution in [0.25, 0.3) is 0 Å². The van der Waals surface area contributed by atoms with Crippen molar-refractivity contribution in [1.82, 2.24) is 5.32 Å². The maximum absolute atomic E-state index is 12.5. The molecule has 0 fully saturated rings. The molecule has 2 rings (SSSR count). The lowest BCUT2D eigenvalue weighted by atomic mass is 9.83. The average molecular weight is 332 g/mol. The van der Waals surface area contributed by atoms with Gasteiger partial charge in [-0.3, -0.25) is 4.79 Å². The topological polar surface area (TPSA) is 38.3 Å². The second-order valence-corrected chi connectivity index (χ2v) is 6.39. The zero-order valence-corrected chi connectivity index (χ0v) is 14.5. The van der Waals surface area contributed by atoms with Crippen LogP contribution in [-0.2, 0) is 16.6 Å². The lowest BCUT2D eigenvalue weighted by Gasteiger charge is -2.24. The number of rotatable bonds is 6. The number of amides is 1. The van der Waals surface area contributed by atoms with E-state index in [-0.39, 0.29) is 5.91 Å². The molecule has 0 unspecified atom stereocenters. The summed E-state index contributed by atoms with van der Waals surface area (Å²) in [6, 6.07) is 15.2. The molecule has 1 N–H and O–H groups in total. The lowest BCUT2D eigenvalue weighted by molar-refractivity contribution is -0.125. The molecule has 0 heterocycles. The summed E-state index contributed by atoms with van der Waals surface area (Å²) in [6.45, 7) is 4.39. The number of hydrogen-bond acceptors (Lipinski definition) is 2. The number of ether oxygens (including phenoxy) is 1. The summed E-state index contributed by atoms with van der Waals surface area (Å²) >= 11 is 5.91. The van der Waals surface area contributed by atoms with Crippen LogP contribution in [0.1, 0.15) is 25.0 Å². The van der Waals surface area contributed by atoms with E-state index in [9.17, 15) is 4.79 Å². The van der Waals surface area contributed by atoms with Crippen LogP contribution in [-0.4, -0.2) is 19.6 Å². The van der Waals surface area contributed by atoms with E-state index in [1.54, 1.807) is 19.2 Å². The highest BCUT2D eigenvalue weighted by Gasteiger charge is 2.29. The van der Waals surface area contributed by atoms with Gasteiger partial charge in [-0.15, -0.1) is 0 Å². The Morgan fingerprint density at radius 2 is 1.78 bits per heavy atom. The first-order valence-electron chi connectivity index (χ1n) is 7.61. The number of para-hydroxylation sites is 1. The highest BCUT2D eigenvalue weighted by Crippen LogP contribution is 2.25. The molecule has 0 aliphatic heterocycles. The van der Waals surface area contributed by atoms with Crippen LogP contribution < -0.4 is 10.1 Å². The van der Waals surface area contributed by atoms with Crippen LogP contribution in [0, 0.1) is 0 Å². The minimum absolute atomic E-state index is 0.00489. The summed E-state index contributed by atoms with van der Waals surface area (Å²) in [5, 5.41) is 3.68. The van der Waals surface area contributed by atoms with E-state index in [0.717, 1.165) is 23.3 Å². The molecule has 2 aromatic carbocycles. The molecule has 1 amide bonds. The third-order valence-corrected chi connectivity index (χ3v) is 4.26. The van der Waals surface area contributed by atoms with Crippen molar-refractivity contribution in [2.75, 3.05) is 13.7 Å². The molecule has 0 saturated heterocycles. The quantitative estimate of drug-likeness (QED) is 0.869. The summed E-state index contributed by atoms with van der Waals surface area (Å²) in [7, 11) is 1.65. The van der Waals surface area contributed by atoms with Gasteiger partial charge in [0.25, 0.3) is 0 Å². The normalized spacial score (nSPS) is 11.1. The van der Waals surface area contributed by atoms with Crippen molar-refractivity contribution >= 4 is 17.5 Å². The Morgan fingerprint density at radius 3 is 2.43 bits per heavy atom. The number of halogens is 1. The number of carbonyl (C=O) groups is 1. The van der Waals surface area contributed by atoms with Crippen molar-refractivity contribution in [3.8, 4) is 5.75 Å². The molecule has 0 spiro atoms. The van der Waals surface area contributed by atoms with Gasteiger partial charge in [-0.05, 0) is 49.6 Å². The molecule has 0 aliphatic rings. The van der Waals surface area contributed by atoms with Gasteiger partial charge in [0.05, 0.1) is 12.5 Å². The Kier molecular flexibility index (Phi) is 5.67. The molecular formula is C19H22ClNO2. The highest BCUT2D eigenvalue weighted by atomic mass is 35.5. The Morgan fingerprint density at radius 1 is 1.13 bits per heavy atom. The van der Waals surface area contributed by atoms with Crippen LogP contribution in [0.4, 0.5) is 0 Å². The molecule has 2 aromatic rings. The number of nitrogens with one attached hydrogen (secondary N) is 1. The molecule has 3 nitrogen and oxygen atoms in total. The van der Waals surface area contributed by atoms with Crippen molar-refractivity contribution in [2.45, 2.75) is 25.7 Å². The van der Waals surface area contributed by atoms with E-state index >= 15 is 0 Å². The third kappa shape index (κ3) is 4.26. The van der Waals surface area contributed by atoms with Gasteiger partial charge in [-0.2, -0.15) is 0 Å². The molecule has 0 radical (unpaired) electrons. The van der Waals surface area contributed by atoms with Gasteiger partial charge in [0.1, 0.15) is 5.75 Å². The molecule has 0 atom stereocenters. The molecule has 0 aromatic heterocycles. The number of methoxy groups -OCH3 is 1. The van der Waals surface area contributed by atoms with Gasteiger partial charge in [0, 0.05) is 11.6 Å². The molecule has 122 valence electrons. The van der Waals surface area contributed by atoms with Gasteiger partial charge in [-0.1, -0.05) is 41.9 Å². The fourth-order valence-corrected chi connectivity index (χ4v) is 2.56. The van der Waals surface area contributed by atoms with E-state index < -0.39 is 5.41 Å². The third-order valence-electron chi connectivity index (χ3n) is 4.01. The molecule has 0 aliphatic carbocycles. The lowest BCUT2D eigenvalue weighted by Crippen LogP contribution is -2.40. The smallest absolute Gasteiger partial charge is 0.230 e. The monoisotopic (exact) mass is 331 g/mol. The largest absolute Gasteiger partial charge is 0.496 e. The van der Waals surface area contributed by atoms with E-state index in [1.807, 2.05) is 50.2 Å². The van der Waals surface area contributed by atoms with E-state index in [1.165, 1.54) is 0 Å². The van der Waals surface area contributed by atoms with E-state index in [0.29, 0.717) is 11.6 Å². The number of hydrogen-bond donors (Lipinski definition) is 1. The second kappa shape index (κ2) is 7.51. The zero-order valence-electron chi connectivity index (χ0n) is 13.7. The molecular weight excluding hydrogens is 310 g/mol. The maximum atomic E-state index is 12.5. The predicted molar refractivity (Wildman–Crippen MR) is 94.2 cm³/mol. The van der Waals surface area contributed by atoms with Crippen molar-refractivity contribution in [2.24, 2.45) is 0 Å². The maximum Gasteiger partial charge on any atom is 0.230 e. The van der Waals surface area contributed by atoms with Gasteiger partial charge >= 0.3 is 0 Å². The summed E-state index contributed by atoms with van der Waals surface area (Å²) in [5.41, 5.74) is 1.42. The first-order valence-corrected chi connectivity index (χ1v) is 7.99. The number of carbonyl (C=O) groups excluding carboxylic acids is 1. The summed E-state index contributed by atoms with van der Waals surface area (Å²) in [4.78, 5) is 12.5. The summed E-state index contributed by atoms with van der Waals surface area (Å²) in [6.07, 6.45) is 0.729. The molecule has 0 saturated carbocycles. The van der Waals surface area contributed by atoms with Crippen LogP contribution in [0.3, 0.4) is 0 Å². The van der Waals surface area contributed by atoms with Gasteiger partial charge < -0.3 is 10.1 Å². The van der Waals surface area contributed by atoms with Crippen LogP contribution in [0.15, 0.2) is 48.5 Å². The highest BCUT2D eigenvalue weighted by molar-refractivity contribution is 6.30. The Labute approximate surface area is 142 Å². The predicted octanol–water partition coefficient (Wildman–Crippen LogP) is 3.99. The average Bonchev–Trinajstić information content (AvgIpc) is 2.55. The van der Waals surface area contributed by atoms with Crippen LogP contribution in [0.2, 0.25) is 5.02 Å². The standard InChI is InChI=1S/C19H22ClNO2/c1-19(2,15-8-10-16(20)11-9-15)18(22)21-13-12-14-6-4-5-7-17(14)23-3/h4-11H,12-13H2,1-3H3,(H,21,22). The summed E-state index contributed by atoms with van der Waals surface area (Å²) < 4.78 is 5.33. The van der Waals surface area contributed by atoms with E-state index in [4.69, 9.17) is 16.3 Å². The second-order valence-electron chi connectivity index (χ2n) is 5.95. The fraction of sp³-hybridized carbons (Fsp3) is 0.316. The first kappa shape index (κ1) is 17.4. The van der Waals surface area contributed by atoms with Gasteiger partial charge in [0.2, 0.25) is 5.91 Å². The van der Waals surface area contributed by atoms with Crippen molar-refractivity contribution in [3.05, 3.63) is 64.7 Å². The van der Waals surface area contributed by atoms with Crippen molar-refractivity contribution < 1.29 is 9.53 Å². The Balaban J connectivity index is 1.97. The van der Waals surface area contributed by atoms with Gasteiger partial charge in [0.15, 0.2) is 0 Å². The first-order chi connectivity index (χ1) is 10.9. The zero-order chi connectivity index (χ0) is 16.9. The molecule has 23 heavy (non-hydrogen) atoms. The van der Waals surface area contributed by atoms with Gasteiger partial charge in [-0.25, -0.2) is 0 Å². The molecule has 4 heteroatoms. The SMILES string of the molecule is COc1ccccc1CCNC(=O)C(C)(C)c1ccc(Cl)cc1. The summed E-state index contributed by atoms with van der Waals surface area (Å²) in [5.74, 6) is 0.841. The fourth-order valence-electron chi connectivity index (χ4n) is 2.44. The minimum atomic E-state index is -0.606. The Hall–Kier alpha value is -2.00. The number of benzene rings is 2. The molecule has 0 bridgehead atoms.